The zero-order valence-corrected chi connectivity index (χ0v) is 25.3. The van der Waals surface area contributed by atoms with E-state index in [4.69, 9.17) is 14.6 Å². The fourth-order valence-corrected chi connectivity index (χ4v) is 3.50. The fraction of sp³-hybridized carbons (Fsp3) is 0.467. The molecule has 0 unspecified atom stereocenters. The first-order valence-electron chi connectivity index (χ1n) is 13.9. The predicted molar refractivity (Wildman–Crippen MR) is 159 cm³/mol. The molecule has 43 heavy (non-hydrogen) atoms. The highest BCUT2D eigenvalue weighted by Gasteiger charge is 2.20. The molecule has 2 rings (SSSR count). The minimum absolute atomic E-state index is 0.0402. The van der Waals surface area contributed by atoms with Crippen LogP contribution in [0.25, 0.3) is 0 Å². The number of amides is 3. The maximum Gasteiger partial charge on any atom is 0.410 e. The number of aromatic hydroxyl groups is 1. The molecule has 0 aromatic heterocycles. The molecule has 0 bridgehead atoms. The van der Waals surface area contributed by atoms with Crippen LogP contribution in [0.2, 0.25) is 0 Å². The highest BCUT2D eigenvalue weighted by Crippen LogP contribution is 2.25. The van der Waals surface area contributed by atoms with Crippen molar-refractivity contribution in [3.63, 3.8) is 0 Å². The number of carbonyl (C=O) groups is 4. The van der Waals surface area contributed by atoms with Crippen molar-refractivity contribution in [3.05, 3.63) is 53.6 Å². The van der Waals surface area contributed by atoms with Gasteiger partial charge in [0.2, 0.25) is 0 Å². The van der Waals surface area contributed by atoms with E-state index in [2.05, 4.69) is 15.5 Å². The number of carboxylic acids is 1. The number of azo groups is 1. The second-order valence-electron chi connectivity index (χ2n) is 10.9. The van der Waals surface area contributed by atoms with E-state index in [0.29, 0.717) is 37.2 Å². The molecule has 0 atom stereocenters. The molecule has 2 aromatic carbocycles. The largest absolute Gasteiger partial charge is 0.507 e. The molecule has 2 aromatic rings. The number of hydrogen-bond acceptors (Lipinski definition) is 9. The SMILES string of the molecule is CN(CCN(C)C(=O)OC(C)(C)C)C(=O)OCc1ccc(N=Nc2ccc(O)c(C(=O)NCCCCCC(=O)O)c2)cc1. The van der Waals surface area contributed by atoms with E-state index < -0.39 is 29.7 Å². The van der Waals surface area contributed by atoms with Gasteiger partial charge in [0.25, 0.3) is 5.91 Å². The molecule has 0 aliphatic carbocycles. The molecule has 3 amide bonds. The van der Waals surface area contributed by atoms with Gasteiger partial charge >= 0.3 is 18.2 Å². The Morgan fingerprint density at radius 1 is 0.860 bits per heavy atom. The summed E-state index contributed by atoms with van der Waals surface area (Å²) >= 11 is 0. The number of unbranched alkanes of at least 4 members (excludes halogenated alkanes) is 2. The summed E-state index contributed by atoms with van der Waals surface area (Å²) in [7, 11) is 3.18. The van der Waals surface area contributed by atoms with E-state index in [1.807, 2.05) is 0 Å². The zero-order valence-electron chi connectivity index (χ0n) is 25.3. The van der Waals surface area contributed by atoms with E-state index in [1.165, 1.54) is 28.0 Å². The van der Waals surface area contributed by atoms with Crippen molar-refractivity contribution in [2.75, 3.05) is 33.7 Å². The number of phenols is 1. The molecule has 0 spiro atoms. The Morgan fingerprint density at radius 2 is 1.47 bits per heavy atom. The van der Waals surface area contributed by atoms with Crippen LogP contribution >= 0.6 is 0 Å². The normalized spacial score (nSPS) is 11.2. The Bertz CT molecular complexity index is 1270. The number of aliphatic carboxylic acids is 1. The number of hydrogen-bond donors (Lipinski definition) is 3. The van der Waals surface area contributed by atoms with Crippen LogP contribution in [0.5, 0.6) is 5.75 Å². The lowest BCUT2D eigenvalue weighted by Gasteiger charge is -2.26. The number of benzene rings is 2. The number of carbonyl (C=O) groups excluding carboxylic acids is 3. The van der Waals surface area contributed by atoms with Gasteiger partial charge in [-0.25, -0.2) is 9.59 Å². The molecule has 13 nitrogen and oxygen atoms in total. The van der Waals surface area contributed by atoms with Crippen LogP contribution in [0.3, 0.4) is 0 Å². The standard InChI is InChI=1S/C30H41N5O8/c1-30(2,3)43-29(41)35(5)18-17-34(4)28(40)42-20-21-10-12-22(13-11-21)32-33-23-14-15-25(36)24(19-23)27(39)31-16-8-6-7-9-26(37)38/h10-15,19,36H,6-9,16-18,20H2,1-5H3,(H,31,39)(H,37,38). The summed E-state index contributed by atoms with van der Waals surface area (Å²) in [5.74, 6) is -1.51. The van der Waals surface area contributed by atoms with Crippen LogP contribution in [-0.2, 0) is 20.9 Å². The van der Waals surface area contributed by atoms with Crippen molar-refractivity contribution in [3.8, 4) is 5.75 Å². The minimum atomic E-state index is -0.848. The van der Waals surface area contributed by atoms with Gasteiger partial charge in [0, 0.05) is 40.2 Å². The molecule has 234 valence electrons. The van der Waals surface area contributed by atoms with Crippen molar-refractivity contribution in [2.24, 2.45) is 10.2 Å². The van der Waals surface area contributed by atoms with Crippen LogP contribution in [0.1, 0.15) is 62.4 Å². The predicted octanol–water partition coefficient (Wildman–Crippen LogP) is 5.62. The first-order valence-corrected chi connectivity index (χ1v) is 13.9. The number of phenolic OH excluding ortho intramolecular Hbond substituents is 1. The first-order chi connectivity index (χ1) is 20.2. The van der Waals surface area contributed by atoms with Gasteiger partial charge in [-0.2, -0.15) is 10.2 Å². The van der Waals surface area contributed by atoms with Gasteiger partial charge in [-0.15, -0.1) is 0 Å². The summed E-state index contributed by atoms with van der Waals surface area (Å²) in [5, 5.41) is 29.8. The van der Waals surface area contributed by atoms with Gasteiger partial charge in [-0.05, 0) is 69.5 Å². The van der Waals surface area contributed by atoms with E-state index in [0.717, 1.165) is 5.56 Å². The van der Waals surface area contributed by atoms with Crippen molar-refractivity contribution >= 4 is 35.4 Å². The number of nitrogens with zero attached hydrogens (tertiary/aromatic N) is 4. The second-order valence-corrected chi connectivity index (χ2v) is 10.9. The molecule has 0 saturated heterocycles. The number of ether oxygens (including phenoxy) is 2. The quantitative estimate of drug-likeness (QED) is 0.186. The summed E-state index contributed by atoms with van der Waals surface area (Å²) in [4.78, 5) is 50.2. The van der Waals surface area contributed by atoms with Gasteiger partial charge in [-0.1, -0.05) is 18.6 Å². The smallest absolute Gasteiger partial charge is 0.410 e. The summed E-state index contributed by atoms with van der Waals surface area (Å²) in [6.07, 6.45) is 0.909. The summed E-state index contributed by atoms with van der Waals surface area (Å²) in [6, 6.07) is 11.2. The molecule has 0 heterocycles. The third-order valence-corrected chi connectivity index (χ3v) is 5.94. The van der Waals surface area contributed by atoms with Gasteiger partial charge in [0.15, 0.2) is 0 Å². The van der Waals surface area contributed by atoms with Gasteiger partial charge < -0.3 is 34.8 Å². The van der Waals surface area contributed by atoms with Crippen LogP contribution in [0.4, 0.5) is 21.0 Å². The van der Waals surface area contributed by atoms with Crippen LogP contribution < -0.4 is 5.32 Å². The molecule has 0 aliphatic heterocycles. The molecule has 0 radical (unpaired) electrons. The molecular weight excluding hydrogens is 558 g/mol. The van der Waals surface area contributed by atoms with Gasteiger partial charge in [0.05, 0.1) is 16.9 Å². The van der Waals surface area contributed by atoms with Crippen molar-refractivity contribution < 1.29 is 38.9 Å². The lowest BCUT2D eigenvalue weighted by molar-refractivity contribution is -0.137. The maximum atomic E-state index is 12.5. The van der Waals surface area contributed by atoms with Crippen LogP contribution in [-0.4, -0.2) is 83.4 Å². The topological polar surface area (TPSA) is 170 Å². The second kappa shape index (κ2) is 16.7. The summed E-state index contributed by atoms with van der Waals surface area (Å²) < 4.78 is 10.6. The third-order valence-electron chi connectivity index (χ3n) is 5.94. The average molecular weight is 600 g/mol. The number of rotatable bonds is 14. The van der Waals surface area contributed by atoms with Crippen molar-refractivity contribution in [1.29, 1.82) is 0 Å². The molecule has 3 N–H and O–H groups in total. The fourth-order valence-electron chi connectivity index (χ4n) is 3.50. The van der Waals surface area contributed by atoms with E-state index in [1.54, 1.807) is 59.1 Å². The minimum Gasteiger partial charge on any atom is -0.507 e. The molecular formula is C30H41N5O8. The lowest BCUT2D eigenvalue weighted by atomic mass is 10.1. The molecule has 0 aliphatic rings. The Labute approximate surface area is 251 Å². The maximum absolute atomic E-state index is 12.5. The van der Waals surface area contributed by atoms with Crippen molar-refractivity contribution in [2.45, 2.75) is 58.7 Å². The summed E-state index contributed by atoms with van der Waals surface area (Å²) in [5.41, 5.74) is 1.08. The van der Waals surface area contributed by atoms with Gasteiger partial charge in [0.1, 0.15) is 18.0 Å². The van der Waals surface area contributed by atoms with Crippen molar-refractivity contribution in [1.82, 2.24) is 15.1 Å². The van der Waals surface area contributed by atoms with Gasteiger partial charge in [-0.3, -0.25) is 9.59 Å². The number of carboxylic acid groups (broad SMARTS) is 1. The van der Waals surface area contributed by atoms with E-state index in [9.17, 15) is 24.3 Å². The summed E-state index contributed by atoms with van der Waals surface area (Å²) in [6.45, 7) is 6.29. The average Bonchev–Trinajstić information content (AvgIpc) is 2.95. The Hall–Kier alpha value is -4.68. The molecule has 0 saturated carbocycles. The highest BCUT2D eigenvalue weighted by atomic mass is 16.6. The van der Waals surface area contributed by atoms with Crippen LogP contribution in [0, 0.1) is 0 Å². The zero-order chi connectivity index (χ0) is 32.0. The Morgan fingerprint density at radius 3 is 2.09 bits per heavy atom. The Kier molecular flexibility index (Phi) is 13.4. The molecule has 13 heteroatoms. The Balaban J connectivity index is 1.82. The highest BCUT2D eigenvalue weighted by molar-refractivity contribution is 5.97. The lowest BCUT2D eigenvalue weighted by Crippen LogP contribution is -2.40. The third kappa shape index (κ3) is 13.2. The van der Waals surface area contributed by atoms with E-state index in [-0.39, 0.29) is 37.4 Å². The molecule has 0 fully saturated rings. The number of nitrogens with one attached hydrogen (secondary N) is 1. The number of likely N-dealkylation sites (N-methyl/N-ethyl adjacent to an activating group) is 2. The first kappa shape index (κ1) is 34.5. The van der Waals surface area contributed by atoms with Crippen LogP contribution in [0.15, 0.2) is 52.7 Å². The monoisotopic (exact) mass is 599 g/mol. The van der Waals surface area contributed by atoms with E-state index >= 15 is 0 Å².